The highest BCUT2D eigenvalue weighted by Gasteiger charge is 2.25. The first-order valence-corrected chi connectivity index (χ1v) is 4.93. The Labute approximate surface area is 82.4 Å². The molecule has 14 heavy (non-hydrogen) atoms. The van der Waals surface area contributed by atoms with E-state index >= 15 is 0 Å². The van der Waals surface area contributed by atoms with Crippen LogP contribution in [0.5, 0.6) is 0 Å². The van der Waals surface area contributed by atoms with Gasteiger partial charge in [0.15, 0.2) is 0 Å². The molecule has 2 atom stereocenters. The van der Waals surface area contributed by atoms with Gasteiger partial charge in [-0.25, -0.2) is 0 Å². The van der Waals surface area contributed by atoms with Crippen LogP contribution in [-0.4, -0.2) is 20.1 Å². The first-order valence-electron chi connectivity index (χ1n) is 4.93. The van der Waals surface area contributed by atoms with Crippen LogP contribution in [0.4, 0.5) is 12.9 Å². The Morgan fingerprint density at radius 3 is 2.50 bits per heavy atom. The van der Waals surface area contributed by atoms with Crippen molar-refractivity contribution in [1.82, 2.24) is 0 Å². The van der Waals surface area contributed by atoms with Crippen LogP contribution in [0.15, 0.2) is 12.2 Å². The molecule has 0 bridgehead atoms. The van der Waals surface area contributed by atoms with Gasteiger partial charge in [0, 0.05) is 13.1 Å². The van der Waals surface area contributed by atoms with E-state index in [0.29, 0.717) is 5.92 Å². The Hall–Kier alpha value is -0.445. The summed E-state index contributed by atoms with van der Waals surface area (Å²) in [5.74, 6) is 0.680. The summed E-state index contributed by atoms with van der Waals surface area (Å²) in [6, 6.07) is 0. The van der Waals surface area contributed by atoms with Crippen LogP contribution >= 0.6 is 0 Å². The Kier molecular flexibility index (Phi) is 4.04. The van der Waals surface area contributed by atoms with Crippen LogP contribution in [0.1, 0.15) is 19.8 Å². The van der Waals surface area contributed by atoms with Crippen LogP contribution in [0.3, 0.4) is 0 Å². The lowest BCUT2D eigenvalue weighted by Gasteiger charge is -2.26. The minimum atomic E-state index is -4.79. The number of ether oxygens (including phenoxy) is 1. The third kappa shape index (κ3) is 4.18. The van der Waals surface area contributed by atoms with E-state index in [9.17, 15) is 12.9 Å². The molecule has 0 aliphatic heterocycles. The second-order valence-corrected chi connectivity index (χ2v) is 3.93. The highest BCUT2D eigenvalue weighted by molar-refractivity contribution is 6.58. The van der Waals surface area contributed by atoms with Gasteiger partial charge < -0.3 is 17.7 Å². The zero-order chi connectivity index (χ0) is 10.6. The molecule has 0 saturated heterocycles. The lowest BCUT2D eigenvalue weighted by atomic mass is 9.85. The molecule has 0 aromatic rings. The largest absolute Gasteiger partial charge is 0.503 e. The lowest BCUT2D eigenvalue weighted by Crippen LogP contribution is -2.28. The average molecular weight is 207 g/mol. The normalized spacial score (nSPS) is 28.0. The number of rotatable bonds is 4. The van der Waals surface area contributed by atoms with Gasteiger partial charge in [-0.1, -0.05) is 19.1 Å². The number of allylic oxidation sites excluding steroid dienone is 2. The van der Waals surface area contributed by atoms with E-state index in [1.54, 1.807) is 0 Å². The van der Waals surface area contributed by atoms with Crippen molar-refractivity contribution in [2.75, 3.05) is 13.1 Å². The molecular formula is C9H15BF3O-. The van der Waals surface area contributed by atoms with Gasteiger partial charge in [-0.3, -0.25) is 0 Å². The summed E-state index contributed by atoms with van der Waals surface area (Å²) in [5, 5.41) is 0. The fourth-order valence-electron chi connectivity index (χ4n) is 1.59. The molecule has 82 valence electrons. The quantitative estimate of drug-likeness (QED) is 0.508. The van der Waals surface area contributed by atoms with Gasteiger partial charge in [0.05, 0.1) is 0 Å². The van der Waals surface area contributed by atoms with Crippen LogP contribution in [0, 0.1) is 11.8 Å². The van der Waals surface area contributed by atoms with E-state index in [4.69, 9.17) is 0 Å². The van der Waals surface area contributed by atoms with Gasteiger partial charge >= 0.3 is 6.98 Å². The molecule has 0 fully saturated rings. The second kappa shape index (κ2) is 4.87. The first-order chi connectivity index (χ1) is 6.49. The fourth-order valence-corrected chi connectivity index (χ4v) is 1.59. The number of halogens is 3. The van der Waals surface area contributed by atoms with Crippen molar-refractivity contribution in [3.05, 3.63) is 12.2 Å². The van der Waals surface area contributed by atoms with Gasteiger partial charge in [0.25, 0.3) is 0 Å². The van der Waals surface area contributed by atoms with Crippen molar-refractivity contribution in [1.29, 1.82) is 0 Å². The predicted octanol–water partition coefficient (Wildman–Crippen LogP) is 2.99. The van der Waals surface area contributed by atoms with E-state index in [2.05, 4.69) is 17.7 Å². The number of hydrogen-bond acceptors (Lipinski definition) is 1. The summed E-state index contributed by atoms with van der Waals surface area (Å²) >= 11 is 0. The zero-order valence-corrected chi connectivity index (χ0v) is 8.26. The maximum Gasteiger partial charge on any atom is 0.503 e. The topological polar surface area (TPSA) is 9.23 Å². The van der Waals surface area contributed by atoms with E-state index in [1.165, 1.54) is 0 Å². The molecule has 0 heterocycles. The summed E-state index contributed by atoms with van der Waals surface area (Å²) in [6.07, 6.45) is 5.89. The highest BCUT2D eigenvalue weighted by Crippen LogP contribution is 2.25. The monoisotopic (exact) mass is 207 g/mol. The molecular weight excluding hydrogens is 192 g/mol. The summed E-state index contributed by atoms with van der Waals surface area (Å²) in [4.78, 5) is 0. The summed E-state index contributed by atoms with van der Waals surface area (Å²) in [6.45, 7) is -3.57. The van der Waals surface area contributed by atoms with E-state index in [0.717, 1.165) is 12.8 Å². The van der Waals surface area contributed by atoms with Crippen LogP contribution in [0.25, 0.3) is 0 Å². The van der Waals surface area contributed by atoms with E-state index < -0.39 is 13.5 Å². The van der Waals surface area contributed by atoms with Gasteiger partial charge in [0.2, 0.25) is 0 Å². The summed E-state index contributed by atoms with van der Waals surface area (Å²) in [5.41, 5.74) is 0. The van der Waals surface area contributed by atoms with Crippen molar-refractivity contribution in [2.24, 2.45) is 11.8 Å². The predicted molar refractivity (Wildman–Crippen MR) is 50.9 cm³/mol. The van der Waals surface area contributed by atoms with Crippen molar-refractivity contribution in [3.8, 4) is 0 Å². The Morgan fingerprint density at radius 1 is 1.29 bits per heavy atom. The molecule has 0 N–H and O–H groups in total. The summed E-state index contributed by atoms with van der Waals surface area (Å²) in [7, 11) is 0. The van der Waals surface area contributed by atoms with E-state index in [-0.39, 0.29) is 12.5 Å². The van der Waals surface area contributed by atoms with Crippen molar-refractivity contribution >= 4 is 6.98 Å². The second-order valence-electron chi connectivity index (χ2n) is 3.93. The Morgan fingerprint density at radius 2 is 1.93 bits per heavy atom. The van der Waals surface area contributed by atoms with Gasteiger partial charge in [-0.15, -0.1) is 0 Å². The fraction of sp³-hybridized carbons (Fsp3) is 0.778. The van der Waals surface area contributed by atoms with Crippen LogP contribution < -0.4 is 0 Å². The molecule has 1 aliphatic carbocycles. The van der Waals surface area contributed by atoms with Crippen molar-refractivity contribution in [2.45, 2.75) is 19.8 Å². The van der Waals surface area contributed by atoms with E-state index in [1.807, 2.05) is 6.08 Å². The minimum Gasteiger partial charge on any atom is -0.447 e. The SMILES string of the molecule is CC1CC=CCC1COC[B-](F)(F)F. The molecule has 0 amide bonds. The lowest BCUT2D eigenvalue weighted by molar-refractivity contribution is 0.0928. The van der Waals surface area contributed by atoms with Gasteiger partial charge in [0.1, 0.15) is 0 Å². The highest BCUT2D eigenvalue weighted by atomic mass is 19.4. The van der Waals surface area contributed by atoms with Crippen LogP contribution in [-0.2, 0) is 4.74 Å². The molecule has 1 aliphatic rings. The van der Waals surface area contributed by atoms with Gasteiger partial charge in [-0.2, -0.15) is 0 Å². The summed E-state index contributed by atoms with van der Waals surface area (Å²) < 4.78 is 40.2. The Bertz CT molecular complexity index is 203. The molecule has 0 saturated carbocycles. The molecule has 0 radical (unpaired) electrons. The molecule has 2 unspecified atom stereocenters. The zero-order valence-electron chi connectivity index (χ0n) is 8.26. The molecule has 1 rings (SSSR count). The first kappa shape index (κ1) is 11.6. The molecule has 0 spiro atoms. The van der Waals surface area contributed by atoms with Crippen LogP contribution in [0.2, 0.25) is 0 Å². The third-order valence-electron chi connectivity index (χ3n) is 2.56. The average Bonchev–Trinajstić information content (AvgIpc) is 2.06. The molecule has 5 heteroatoms. The maximum absolute atomic E-state index is 11.8. The number of hydrogen-bond donors (Lipinski definition) is 0. The standard InChI is InChI=1S/C9H15BF3O/c1-8-4-2-3-5-9(8)6-14-7-10(11,12)13/h2-3,8-9H,4-7H2,1H3/q-1. The minimum absolute atomic E-state index is 0.229. The molecule has 0 aromatic heterocycles. The van der Waals surface area contributed by atoms with Crippen molar-refractivity contribution in [3.63, 3.8) is 0 Å². The molecule has 0 aromatic carbocycles. The van der Waals surface area contributed by atoms with Crippen molar-refractivity contribution < 1.29 is 17.7 Å². The maximum atomic E-state index is 11.8. The third-order valence-corrected chi connectivity index (χ3v) is 2.56. The molecule has 1 nitrogen and oxygen atoms in total. The van der Waals surface area contributed by atoms with Gasteiger partial charge in [-0.05, 0) is 24.7 Å². The Balaban J connectivity index is 2.21. The smallest absolute Gasteiger partial charge is 0.447 e.